The van der Waals surface area contributed by atoms with E-state index in [-0.39, 0.29) is 36.2 Å². The zero-order valence-corrected chi connectivity index (χ0v) is 19.5. The molecule has 2 aliphatic rings. The Morgan fingerprint density at radius 3 is 2.69 bits per heavy atom. The molecule has 4 rings (SSSR count). The van der Waals surface area contributed by atoms with Crippen LogP contribution in [0.2, 0.25) is 0 Å². The molecule has 1 aromatic carbocycles. The maximum atomic E-state index is 13.2. The minimum Gasteiger partial charge on any atom is -0.398 e. The largest absolute Gasteiger partial charge is 0.418 e. The molecule has 1 aromatic heterocycles. The van der Waals surface area contributed by atoms with Crippen LogP contribution < -0.4 is 21.3 Å². The summed E-state index contributed by atoms with van der Waals surface area (Å²) >= 11 is 0. The van der Waals surface area contributed by atoms with Crippen LogP contribution in [0, 0.1) is 0 Å². The van der Waals surface area contributed by atoms with Crippen molar-refractivity contribution < 1.29 is 13.2 Å². The van der Waals surface area contributed by atoms with E-state index >= 15 is 0 Å². The van der Waals surface area contributed by atoms with Gasteiger partial charge in [-0.15, -0.1) is 24.8 Å². The highest BCUT2D eigenvalue weighted by atomic mass is 35.5. The van der Waals surface area contributed by atoms with Crippen LogP contribution in [0.25, 0.3) is 0 Å². The molecule has 0 radical (unpaired) electrons. The molecule has 1 fully saturated rings. The predicted octanol–water partition coefficient (Wildman–Crippen LogP) is 4.73. The molecule has 0 saturated carbocycles. The van der Waals surface area contributed by atoms with Gasteiger partial charge in [0.05, 0.1) is 11.3 Å². The summed E-state index contributed by atoms with van der Waals surface area (Å²) in [5.41, 5.74) is 6.77. The van der Waals surface area contributed by atoms with Crippen LogP contribution in [-0.2, 0) is 19.0 Å². The summed E-state index contributed by atoms with van der Waals surface area (Å²) in [7, 11) is 0. The van der Waals surface area contributed by atoms with Crippen molar-refractivity contribution in [3.8, 4) is 0 Å². The summed E-state index contributed by atoms with van der Waals surface area (Å²) in [5.74, 6) is 1.24. The number of nitrogen functional groups attached to an aromatic ring is 1. The minimum absolute atomic E-state index is 0. The second-order valence-electron chi connectivity index (χ2n) is 7.96. The second-order valence-corrected chi connectivity index (χ2v) is 7.96. The summed E-state index contributed by atoms with van der Waals surface area (Å²) < 4.78 is 39.6. The van der Waals surface area contributed by atoms with E-state index in [2.05, 4.69) is 27.4 Å². The lowest BCUT2D eigenvalue weighted by molar-refractivity contribution is -0.136. The fraction of sp³-hybridized carbons (Fsp3) is 0.524. The Labute approximate surface area is 198 Å². The number of benzene rings is 1. The number of fused-ring (bicyclic) bond motifs is 1. The number of hydrogen-bond acceptors (Lipinski definition) is 6. The molecule has 0 bridgehead atoms. The number of alkyl halides is 3. The minimum atomic E-state index is -4.51. The fourth-order valence-corrected chi connectivity index (χ4v) is 4.21. The van der Waals surface area contributed by atoms with Gasteiger partial charge in [0.15, 0.2) is 0 Å². The van der Waals surface area contributed by atoms with Gasteiger partial charge in [-0.25, -0.2) is 4.98 Å². The number of halogens is 5. The van der Waals surface area contributed by atoms with E-state index in [4.69, 9.17) is 10.7 Å². The third-order valence-electron chi connectivity index (χ3n) is 5.70. The zero-order chi connectivity index (χ0) is 21.3. The third kappa shape index (κ3) is 5.68. The highest BCUT2D eigenvalue weighted by Crippen LogP contribution is 2.36. The Kier molecular flexibility index (Phi) is 8.84. The number of nitrogens with two attached hydrogens (primary N) is 1. The maximum Gasteiger partial charge on any atom is 0.418 e. The molecule has 2 aromatic rings. The molecule has 0 amide bonds. The monoisotopic (exact) mass is 492 g/mol. The van der Waals surface area contributed by atoms with Crippen molar-refractivity contribution in [3.05, 3.63) is 35.0 Å². The first-order chi connectivity index (χ1) is 14.3. The van der Waals surface area contributed by atoms with Crippen LogP contribution in [0.5, 0.6) is 0 Å². The summed E-state index contributed by atoms with van der Waals surface area (Å²) in [6, 6.07) is 4.21. The number of aromatic nitrogens is 2. The van der Waals surface area contributed by atoms with Crippen LogP contribution in [-0.4, -0.2) is 35.6 Å². The molecule has 1 saturated heterocycles. The number of nitrogens with zero attached hydrogens (tertiary/aromatic N) is 3. The molecule has 1 aliphatic carbocycles. The SMILES string of the molecule is CCCN[C@H]1CCN(c2nc(Nc3ccc(N)c(C(F)(F)F)c3)nc3c2CCC3)C1.Cl.Cl. The lowest BCUT2D eigenvalue weighted by Crippen LogP contribution is -2.33. The molecule has 0 unspecified atom stereocenters. The summed E-state index contributed by atoms with van der Waals surface area (Å²) in [6.45, 7) is 4.93. The van der Waals surface area contributed by atoms with Crippen molar-refractivity contribution in [1.82, 2.24) is 15.3 Å². The van der Waals surface area contributed by atoms with Crippen LogP contribution in [0.1, 0.15) is 43.0 Å². The normalized spacial score (nSPS) is 17.5. The van der Waals surface area contributed by atoms with E-state index in [1.54, 1.807) is 0 Å². The molecule has 1 atom stereocenters. The Morgan fingerprint density at radius 1 is 1.19 bits per heavy atom. The van der Waals surface area contributed by atoms with Crippen LogP contribution in [0.4, 0.5) is 36.3 Å². The van der Waals surface area contributed by atoms with Gasteiger partial charge in [-0.3, -0.25) is 0 Å². The number of hydrogen-bond donors (Lipinski definition) is 3. The molecule has 178 valence electrons. The van der Waals surface area contributed by atoms with Gasteiger partial charge in [0.2, 0.25) is 5.95 Å². The van der Waals surface area contributed by atoms with E-state index < -0.39 is 11.7 Å². The Hall–Kier alpha value is -1.97. The number of anilines is 4. The highest BCUT2D eigenvalue weighted by molar-refractivity contribution is 5.85. The molecular formula is C21H29Cl2F3N6. The molecule has 11 heteroatoms. The van der Waals surface area contributed by atoms with Gasteiger partial charge in [-0.05, 0) is 56.8 Å². The first kappa shape index (κ1) is 26.3. The van der Waals surface area contributed by atoms with Gasteiger partial charge < -0.3 is 21.3 Å². The average molecular weight is 493 g/mol. The van der Waals surface area contributed by atoms with Gasteiger partial charge in [0.1, 0.15) is 5.82 Å². The van der Waals surface area contributed by atoms with Crippen molar-refractivity contribution >= 4 is 48.0 Å². The van der Waals surface area contributed by atoms with E-state index in [9.17, 15) is 13.2 Å². The van der Waals surface area contributed by atoms with Crippen LogP contribution >= 0.6 is 24.8 Å². The summed E-state index contributed by atoms with van der Waals surface area (Å²) in [5, 5.41) is 6.52. The predicted molar refractivity (Wildman–Crippen MR) is 127 cm³/mol. The topological polar surface area (TPSA) is 79.1 Å². The molecular weight excluding hydrogens is 464 g/mol. The molecule has 0 spiro atoms. The number of nitrogens with one attached hydrogen (secondary N) is 2. The van der Waals surface area contributed by atoms with Gasteiger partial charge in [0, 0.05) is 36.1 Å². The first-order valence-corrected chi connectivity index (χ1v) is 10.5. The van der Waals surface area contributed by atoms with Crippen molar-refractivity contribution in [2.75, 3.05) is 35.6 Å². The van der Waals surface area contributed by atoms with Crippen LogP contribution in [0.15, 0.2) is 18.2 Å². The van der Waals surface area contributed by atoms with Gasteiger partial charge in [0.25, 0.3) is 0 Å². The molecule has 32 heavy (non-hydrogen) atoms. The van der Waals surface area contributed by atoms with Crippen molar-refractivity contribution in [1.29, 1.82) is 0 Å². The Balaban J connectivity index is 0.00000181. The zero-order valence-electron chi connectivity index (χ0n) is 17.8. The van der Waals surface area contributed by atoms with Crippen molar-refractivity contribution in [2.45, 2.75) is 51.2 Å². The molecule has 2 heterocycles. The van der Waals surface area contributed by atoms with E-state index in [0.29, 0.717) is 12.0 Å². The lowest BCUT2D eigenvalue weighted by atomic mass is 10.1. The molecule has 6 nitrogen and oxygen atoms in total. The number of aryl methyl sites for hydroxylation is 1. The Morgan fingerprint density at radius 2 is 1.97 bits per heavy atom. The van der Waals surface area contributed by atoms with Gasteiger partial charge in [-0.2, -0.15) is 18.2 Å². The van der Waals surface area contributed by atoms with Gasteiger partial charge >= 0.3 is 6.18 Å². The maximum absolute atomic E-state index is 13.2. The third-order valence-corrected chi connectivity index (χ3v) is 5.70. The van der Waals surface area contributed by atoms with E-state index in [1.165, 1.54) is 17.7 Å². The highest BCUT2D eigenvalue weighted by Gasteiger charge is 2.33. The van der Waals surface area contributed by atoms with Gasteiger partial charge in [-0.1, -0.05) is 6.92 Å². The van der Waals surface area contributed by atoms with Crippen LogP contribution in [0.3, 0.4) is 0 Å². The molecule has 1 aliphatic heterocycles. The Bertz CT molecular complexity index is 925. The van der Waals surface area contributed by atoms with E-state index in [0.717, 1.165) is 69.3 Å². The second kappa shape index (κ2) is 10.8. The molecule has 4 N–H and O–H groups in total. The summed E-state index contributed by atoms with van der Waals surface area (Å²) in [6.07, 6.45) is 0.451. The average Bonchev–Trinajstić information content (AvgIpc) is 3.35. The quantitative estimate of drug-likeness (QED) is 0.505. The standard InChI is InChI=1S/C21H27F3N6.2ClH/c1-2-9-26-14-8-10-30(12-14)19-15-4-3-5-18(15)28-20(29-19)27-13-6-7-17(25)16(11-13)21(22,23)24;;/h6-7,11,14,26H,2-5,8-10,12,25H2,1H3,(H,27,28,29);2*1H/t14-;;/m0../s1. The lowest BCUT2D eigenvalue weighted by Gasteiger charge is -2.22. The smallest absolute Gasteiger partial charge is 0.398 e. The van der Waals surface area contributed by atoms with Crippen molar-refractivity contribution in [3.63, 3.8) is 0 Å². The van der Waals surface area contributed by atoms with Crippen molar-refractivity contribution in [2.24, 2.45) is 0 Å². The number of rotatable bonds is 6. The first-order valence-electron chi connectivity index (χ1n) is 10.5. The van der Waals surface area contributed by atoms with E-state index in [1.807, 2.05) is 0 Å². The summed E-state index contributed by atoms with van der Waals surface area (Å²) in [4.78, 5) is 11.6. The fourth-order valence-electron chi connectivity index (χ4n) is 4.21.